The van der Waals surface area contributed by atoms with E-state index in [2.05, 4.69) is 60.9 Å². The molecule has 0 aliphatic heterocycles. The van der Waals surface area contributed by atoms with Crippen molar-refractivity contribution in [2.24, 2.45) is 16.3 Å². The van der Waals surface area contributed by atoms with Crippen molar-refractivity contribution in [1.82, 2.24) is 10.2 Å². The van der Waals surface area contributed by atoms with Gasteiger partial charge >= 0.3 is 0 Å². The maximum Gasteiger partial charge on any atom is 0.110 e. The molecule has 2 aliphatic rings. The molecule has 2 aromatic rings. The summed E-state index contributed by atoms with van der Waals surface area (Å²) < 4.78 is 1.09. The molecule has 4 heteroatoms. The number of halogens is 1. The number of H-pyrrole nitrogens is 1. The zero-order valence-corrected chi connectivity index (χ0v) is 17.1. The zero-order valence-electron chi connectivity index (χ0n) is 15.5. The number of rotatable bonds is 4. The Labute approximate surface area is 158 Å². The number of aliphatic imine (C=N–C) groups is 1. The van der Waals surface area contributed by atoms with Crippen molar-refractivity contribution in [2.45, 2.75) is 59.8 Å². The lowest BCUT2D eigenvalue weighted by Gasteiger charge is -2.18. The van der Waals surface area contributed by atoms with Crippen LogP contribution in [-0.2, 0) is 12.8 Å². The van der Waals surface area contributed by atoms with Crippen LogP contribution < -0.4 is 0 Å². The largest absolute Gasteiger partial charge is 0.282 e. The highest BCUT2D eigenvalue weighted by molar-refractivity contribution is 9.10. The number of nitrogens with zero attached hydrogens (tertiary/aromatic N) is 2. The Hall–Kier alpha value is -1.42. The monoisotopic (exact) mass is 399 g/mol. The predicted molar refractivity (Wildman–Crippen MR) is 107 cm³/mol. The highest BCUT2D eigenvalue weighted by Crippen LogP contribution is 2.59. The van der Waals surface area contributed by atoms with Crippen LogP contribution in [0.15, 0.2) is 21.6 Å². The van der Waals surface area contributed by atoms with Crippen LogP contribution in [0.25, 0.3) is 0 Å². The van der Waals surface area contributed by atoms with Gasteiger partial charge in [0.15, 0.2) is 0 Å². The van der Waals surface area contributed by atoms with E-state index in [9.17, 15) is 0 Å². The van der Waals surface area contributed by atoms with Crippen LogP contribution in [0.3, 0.4) is 0 Å². The summed E-state index contributed by atoms with van der Waals surface area (Å²) >= 11 is 3.61. The van der Waals surface area contributed by atoms with Crippen molar-refractivity contribution in [3.63, 3.8) is 0 Å². The number of hydrogen-bond donors (Lipinski definition) is 1. The Balaban J connectivity index is 1.77. The third-order valence-electron chi connectivity index (χ3n) is 6.14. The number of fused-ring (bicyclic) bond motifs is 2. The van der Waals surface area contributed by atoms with E-state index in [1.807, 2.05) is 0 Å². The maximum absolute atomic E-state index is 5.08. The summed E-state index contributed by atoms with van der Waals surface area (Å²) in [7, 11) is 0. The van der Waals surface area contributed by atoms with Gasteiger partial charge in [0.05, 0.1) is 11.4 Å². The summed E-state index contributed by atoms with van der Waals surface area (Å²) in [4.78, 5) is 5.08. The standard InChI is InChI=1S/C21H26BrN3/c1-5-6-17(23-18-9-15(22)7-12(2)13(18)3)20-16-8-14-10-21(14,4)11-19(16)24-25-20/h7,9,14H,5-6,8,10-11H2,1-4H3,(H,24,25)/b23-17+/t14-,21-/m1/s1. The van der Waals surface area contributed by atoms with Gasteiger partial charge in [-0.25, -0.2) is 0 Å². The van der Waals surface area contributed by atoms with E-state index in [1.165, 1.54) is 28.8 Å². The fourth-order valence-electron chi connectivity index (χ4n) is 4.22. The van der Waals surface area contributed by atoms with E-state index in [-0.39, 0.29) is 0 Å². The van der Waals surface area contributed by atoms with Gasteiger partial charge in [0.1, 0.15) is 5.69 Å². The third-order valence-corrected chi connectivity index (χ3v) is 6.60. The topological polar surface area (TPSA) is 41.0 Å². The average molecular weight is 400 g/mol. The highest BCUT2D eigenvalue weighted by atomic mass is 79.9. The fourth-order valence-corrected chi connectivity index (χ4v) is 4.78. The molecule has 4 rings (SSSR count). The van der Waals surface area contributed by atoms with Crippen molar-refractivity contribution in [1.29, 1.82) is 0 Å². The molecule has 2 aliphatic carbocycles. The van der Waals surface area contributed by atoms with Crippen molar-refractivity contribution in [3.8, 4) is 0 Å². The molecule has 1 fully saturated rings. The fraction of sp³-hybridized carbons (Fsp3) is 0.524. The van der Waals surface area contributed by atoms with Crippen molar-refractivity contribution in [3.05, 3.63) is 44.7 Å². The summed E-state index contributed by atoms with van der Waals surface area (Å²) in [6.07, 6.45) is 5.71. The summed E-state index contributed by atoms with van der Waals surface area (Å²) in [5, 5.41) is 8.04. The molecule has 1 saturated carbocycles. The second-order valence-electron chi connectivity index (χ2n) is 8.14. The molecule has 25 heavy (non-hydrogen) atoms. The molecular formula is C21H26BrN3. The molecule has 2 atom stereocenters. The summed E-state index contributed by atoms with van der Waals surface area (Å²) in [6.45, 7) is 8.92. The van der Waals surface area contributed by atoms with E-state index in [4.69, 9.17) is 10.1 Å². The van der Waals surface area contributed by atoms with E-state index < -0.39 is 0 Å². The van der Waals surface area contributed by atoms with Crippen LogP contribution >= 0.6 is 15.9 Å². The van der Waals surface area contributed by atoms with Crippen LogP contribution in [-0.4, -0.2) is 15.9 Å². The second kappa shape index (κ2) is 6.08. The lowest BCUT2D eigenvalue weighted by atomic mass is 9.87. The molecule has 0 saturated heterocycles. The van der Waals surface area contributed by atoms with E-state index >= 15 is 0 Å². The Bertz CT molecular complexity index is 864. The Morgan fingerprint density at radius 1 is 1.40 bits per heavy atom. The van der Waals surface area contributed by atoms with E-state index in [0.717, 1.165) is 53.2 Å². The lowest BCUT2D eigenvalue weighted by molar-refractivity contribution is 0.466. The van der Waals surface area contributed by atoms with Gasteiger partial charge in [-0.05, 0) is 74.1 Å². The number of nitrogens with one attached hydrogen (secondary N) is 1. The quantitative estimate of drug-likeness (QED) is 0.644. The second-order valence-corrected chi connectivity index (χ2v) is 9.06. The molecule has 3 nitrogen and oxygen atoms in total. The SMILES string of the molecule is CCC/C(=N\c1cc(Br)cc(C)c1C)c1n[nH]c2c1C[C@@H]1C[C@]1(C)C2. The maximum atomic E-state index is 5.08. The van der Waals surface area contributed by atoms with E-state index in [1.54, 1.807) is 0 Å². The Morgan fingerprint density at radius 3 is 2.96 bits per heavy atom. The molecule has 1 aromatic heterocycles. The summed E-state index contributed by atoms with van der Waals surface area (Å²) in [5.74, 6) is 0.842. The molecular weight excluding hydrogens is 374 g/mol. The molecule has 0 amide bonds. The highest BCUT2D eigenvalue weighted by Gasteiger charge is 2.53. The van der Waals surface area contributed by atoms with Gasteiger partial charge < -0.3 is 0 Å². The first-order valence-electron chi connectivity index (χ1n) is 9.32. The average Bonchev–Trinajstić information content (AvgIpc) is 3.05. The number of aromatic amines is 1. The number of aryl methyl sites for hydroxylation is 1. The van der Waals surface area contributed by atoms with Crippen molar-refractivity contribution in [2.75, 3.05) is 0 Å². The summed E-state index contributed by atoms with van der Waals surface area (Å²) in [5.41, 5.74) is 9.11. The van der Waals surface area contributed by atoms with Crippen LogP contribution in [0.4, 0.5) is 5.69 Å². The predicted octanol–water partition coefficient (Wildman–Crippen LogP) is 5.83. The minimum Gasteiger partial charge on any atom is -0.282 e. The lowest BCUT2D eigenvalue weighted by Crippen LogP contribution is -2.15. The number of aromatic nitrogens is 2. The molecule has 132 valence electrons. The van der Waals surface area contributed by atoms with Gasteiger partial charge in [0.25, 0.3) is 0 Å². The van der Waals surface area contributed by atoms with Gasteiger partial charge in [-0.15, -0.1) is 0 Å². The first-order chi connectivity index (χ1) is 11.9. The van der Waals surface area contributed by atoms with Crippen molar-refractivity contribution >= 4 is 27.3 Å². The minimum atomic E-state index is 0.525. The first kappa shape index (κ1) is 17.0. The van der Waals surface area contributed by atoms with Gasteiger partial charge in [-0.3, -0.25) is 10.1 Å². The molecule has 0 bridgehead atoms. The smallest absolute Gasteiger partial charge is 0.110 e. The Kier molecular flexibility index (Phi) is 4.14. The van der Waals surface area contributed by atoms with E-state index in [0.29, 0.717) is 5.41 Å². The van der Waals surface area contributed by atoms with Gasteiger partial charge in [-0.2, -0.15) is 5.10 Å². The Morgan fingerprint density at radius 2 is 2.20 bits per heavy atom. The zero-order chi connectivity index (χ0) is 17.8. The number of benzene rings is 1. The molecule has 0 unspecified atom stereocenters. The van der Waals surface area contributed by atoms with Crippen molar-refractivity contribution < 1.29 is 0 Å². The van der Waals surface area contributed by atoms with Gasteiger partial charge in [0.2, 0.25) is 0 Å². The first-order valence-corrected chi connectivity index (χ1v) is 10.1. The molecule has 0 spiro atoms. The van der Waals surface area contributed by atoms with Crippen LogP contribution in [0, 0.1) is 25.2 Å². The molecule has 1 heterocycles. The summed E-state index contributed by atoms with van der Waals surface area (Å²) in [6, 6.07) is 4.27. The number of hydrogen-bond acceptors (Lipinski definition) is 2. The van der Waals surface area contributed by atoms with Crippen LogP contribution in [0.2, 0.25) is 0 Å². The van der Waals surface area contributed by atoms with Gasteiger partial charge in [0, 0.05) is 15.7 Å². The minimum absolute atomic E-state index is 0.525. The molecule has 1 aromatic carbocycles. The van der Waals surface area contributed by atoms with Crippen LogP contribution in [0.1, 0.15) is 61.2 Å². The third kappa shape index (κ3) is 2.99. The molecule has 1 N–H and O–H groups in total. The normalized spacial score (nSPS) is 24.8. The van der Waals surface area contributed by atoms with Gasteiger partial charge in [-0.1, -0.05) is 36.2 Å². The van der Waals surface area contributed by atoms with Crippen LogP contribution in [0.5, 0.6) is 0 Å². The molecule has 0 radical (unpaired) electrons.